The first-order valence-electron chi connectivity index (χ1n) is 3.10. The van der Waals surface area contributed by atoms with Crippen molar-refractivity contribution < 1.29 is 0 Å². The lowest BCUT2D eigenvalue weighted by atomic mass is 10.2. The third-order valence-corrected chi connectivity index (χ3v) is 1.80. The van der Waals surface area contributed by atoms with Gasteiger partial charge in [-0.1, -0.05) is 13.0 Å². The molecule has 0 heterocycles. The van der Waals surface area contributed by atoms with Crippen molar-refractivity contribution in [2.45, 2.75) is 31.4 Å². The number of rotatable bonds is 4. The van der Waals surface area contributed by atoms with Gasteiger partial charge in [-0.25, -0.2) is 0 Å². The van der Waals surface area contributed by atoms with E-state index < -0.39 is 0 Å². The predicted molar refractivity (Wildman–Crippen MR) is 42.5 cm³/mol. The average Bonchev–Trinajstić information content (AvgIpc) is 1.83. The van der Waals surface area contributed by atoms with Crippen LogP contribution in [0.5, 0.6) is 0 Å². The van der Waals surface area contributed by atoms with E-state index in [9.17, 15) is 0 Å². The van der Waals surface area contributed by atoms with Gasteiger partial charge in [-0.3, -0.25) is 0 Å². The summed E-state index contributed by atoms with van der Waals surface area (Å²) in [5, 5.41) is 0.577. The van der Waals surface area contributed by atoms with Crippen LogP contribution >= 0.6 is 12.6 Å². The Morgan fingerprint density at radius 3 is 2.75 bits per heavy atom. The van der Waals surface area contributed by atoms with Gasteiger partial charge in [-0.05, 0) is 19.3 Å². The molecule has 0 rings (SSSR count). The van der Waals surface area contributed by atoms with Crippen molar-refractivity contribution in [2.75, 3.05) is 0 Å². The number of hydrogen-bond donors (Lipinski definition) is 1. The minimum atomic E-state index is 0.577. The van der Waals surface area contributed by atoms with Crippen LogP contribution in [0.2, 0.25) is 0 Å². The molecule has 0 saturated carbocycles. The largest absolute Gasteiger partial charge is 0.176 e. The SMILES string of the molecule is C=CCCC(S)CC. The van der Waals surface area contributed by atoms with Crippen LogP contribution in [0.25, 0.3) is 0 Å². The number of hydrogen-bond acceptors (Lipinski definition) is 1. The maximum atomic E-state index is 4.32. The summed E-state index contributed by atoms with van der Waals surface area (Å²) in [7, 11) is 0. The topological polar surface area (TPSA) is 0 Å². The summed E-state index contributed by atoms with van der Waals surface area (Å²) in [4.78, 5) is 0. The Bertz CT molecular complexity index is 59.4. The van der Waals surface area contributed by atoms with Crippen molar-refractivity contribution in [3.05, 3.63) is 12.7 Å². The van der Waals surface area contributed by atoms with E-state index in [0.717, 1.165) is 12.8 Å². The van der Waals surface area contributed by atoms with E-state index in [4.69, 9.17) is 0 Å². The van der Waals surface area contributed by atoms with Gasteiger partial charge in [-0.2, -0.15) is 12.6 Å². The lowest BCUT2D eigenvalue weighted by Gasteiger charge is -2.02. The maximum absolute atomic E-state index is 4.32. The smallest absolute Gasteiger partial charge is 0.00171 e. The molecule has 8 heavy (non-hydrogen) atoms. The highest BCUT2D eigenvalue weighted by atomic mass is 32.1. The molecule has 0 aromatic heterocycles. The van der Waals surface area contributed by atoms with Crippen LogP contribution in [0.15, 0.2) is 12.7 Å². The van der Waals surface area contributed by atoms with Crippen molar-refractivity contribution in [3.63, 3.8) is 0 Å². The molecule has 0 aromatic carbocycles. The molecule has 0 amide bonds. The molecule has 1 unspecified atom stereocenters. The van der Waals surface area contributed by atoms with E-state index in [1.54, 1.807) is 0 Å². The summed E-state index contributed by atoms with van der Waals surface area (Å²) < 4.78 is 0. The van der Waals surface area contributed by atoms with E-state index in [2.05, 4.69) is 26.1 Å². The summed E-state index contributed by atoms with van der Waals surface area (Å²) in [6.45, 7) is 5.79. The third-order valence-electron chi connectivity index (χ3n) is 1.18. The van der Waals surface area contributed by atoms with Gasteiger partial charge in [0.1, 0.15) is 0 Å². The van der Waals surface area contributed by atoms with Crippen LogP contribution < -0.4 is 0 Å². The van der Waals surface area contributed by atoms with Crippen LogP contribution in [0.3, 0.4) is 0 Å². The van der Waals surface area contributed by atoms with E-state index in [0.29, 0.717) is 5.25 Å². The van der Waals surface area contributed by atoms with Gasteiger partial charge >= 0.3 is 0 Å². The lowest BCUT2D eigenvalue weighted by Crippen LogP contribution is -1.93. The molecule has 0 aliphatic rings. The van der Waals surface area contributed by atoms with E-state index in [1.807, 2.05) is 6.08 Å². The van der Waals surface area contributed by atoms with Gasteiger partial charge in [0.2, 0.25) is 0 Å². The molecule has 0 N–H and O–H groups in total. The minimum absolute atomic E-state index is 0.577. The fourth-order valence-electron chi connectivity index (χ4n) is 0.514. The Morgan fingerprint density at radius 2 is 2.38 bits per heavy atom. The summed E-state index contributed by atoms with van der Waals surface area (Å²) in [5.74, 6) is 0. The third kappa shape index (κ3) is 4.25. The second kappa shape index (κ2) is 5.23. The molecule has 0 spiro atoms. The van der Waals surface area contributed by atoms with E-state index in [-0.39, 0.29) is 0 Å². The summed E-state index contributed by atoms with van der Waals surface area (Å²) in [6, 6.07) is 0. The van der Waals surface area contributed by atoms with Crippen LogP contribution in [0, 0.1) is 0 Å². The second-order valence-corrected chi connectivity index (χ2v) is 2.66. The number of allylic oxidation sites excluding steroid dienone is 1. The molecule has 0 bridgehead atoms. The lowest BCUT2D eigenvalue weighted by molar-refractivity contribution is 0.754. The zero-order valence-electron chi connectivity index (χ0n) is 5.43. The highest BCUT2D eigenvalue weighted by molar-refractivity contribution is 7.80. The average molecular weight is 130 g/mol. The maximum Gasteiger partial charge on any atom is 0.00171 e. The first-order valence-corrected chi connectivity index (χ1v) is 3.61. The molecule has 1 atom stereocenters. The Hall–Kier alpha value is 0.0900. The minimum Gasteiger partial charge on any atom is -0.176 e. The second-order valence-electron chi connectivity index (χ2n) is 1.93. The molecule has 0 saturated heterocycles. The van der Waals surface area contributed by atoms with Gasteiger partial charge < -0.3 is 0 Å². The summed E-state index contributed by atoms with van der Waals surface area (Å²) in [5.41, 5.74) is 0. The van der Waals surface area contributed by atoms with E-state index in [1.165, 1.54) is 6.42 Å². The molecule has 0 nitrogen and oxygen atoms in total. The van der Waals surface area contributed by atoms with Crippen LogP contribution in [-0.4, -0.2) is 5.25 Å². The molecule has 0 aromatic rings. The normalized spacial score (nSPS) is 13.2. The Balaban J connectivity index is 2.97. The quantitative estimate of drug-likeness (QED) is 0.439. The van der Waals surface area contributed by atoms with Crippen LogP contribution in [-0.2, 0) is 0 Å². The Kier molecular flexibility index (Phi) is 5.29. The molecule has 48 valence electrons. The fraction of sp³-hybridized carbons (Fsp3) is 0.714. The van der Waals surface area contributed by atoms with Gasteiger partial charge in [0.05, 0.1) is 0 Å². The molecule has 0 aliphatic heterocycles. The molecule has 0 aliphatic carbocycles. The number of thiol groups is 1. The zero-order chi connectivity index (χ0) is 6.41. The molecule has 1 heteroatoms. The zero-order valence-corrected chi connectivity index (χ0v) is 6.32. The van der Waals surface area contributed by atoms with Crippen molar-refractivity contribution >= 4 is 12.6 Å². The van der Waals surface area contributed by atoms with Gasteiger partial charge in [0.25, 0.3) is 0 Å². The van der Waals surface area contributed by atoms with Crippen molar-refractivity contribution in [1.82, 2.24) is 0 Å². The van der Waals surface area contributed by atoms with Crippen LogP contribution in [0.1, 0.15) is 26.2 Å². The summed E-state index contributed by atoms with van der Waals surface area (Å²) in [6.07, 6.45) is 5.38. The standard InChI is InChI=1S/C7H14S/c1-3-5-6-7(8)4-2/h3,7-8H,1,4-6H2,2H3. The Labute approximate surface area is 57.4 Å². The van der Waals surface area contributed by atoms with Gasteiger partial charge in [0.15, 0.2) is 0 Å². The highest BCUT2D eigenvalue weighted by Gasteiger charge is 1.94. The molecular weight excluding hydrogens is 116 g/mol. The molecule has 0 fully saturated rings. The van der Waals surface area contributed by atoms with Gasteiger partial charge in [0, 0.05) is 5.25 Å². The van der Waals surface area contributed by atoms with E-state index >= 15 is 0 Å². The molecule has 0 radical (unpaired) electrons. The predicted octanol–water partition coefficient (Wildman–Crippen LogP) is 2.66. The first kappa shape index (κ1) is 8.09. The van der Waals surface area contributed by atoms with Gasteiger partial charge in [-0.15, -0.1) is 6.58 Å². The highest BCUT2D eigenvalue weighted by Crippen LogP contribution is 2.07. The van der Waals surface area contributed by atoms with Crippen molar-refractivity contribution in [2.24, 2.45) is 0 Å². The monoisotopic (exact) mass is 130 g/mol. The van der Waals surface area contributed by atoms with Crippen molar-refractivity contribution in [1.29, 1.82) is 0 Å². The Morgan fingerprint density at radius 1 is 1.75 bits per heavy atom. The molecular formula is C7H14S. The van der Waals surface area contributed by atoms with Crippen LogP contribution in [0.4, 0.5) is 0 Å². The fourth-order valence-corrected chi connectivity index (χ4v) is 0.663. The van der Waals surface area contributed by atoms with Crippen molar-refractivity contribution in [3.8, 4) is 0 Å². The first-order chi connectivity index (χ1) is 3.81. The summed E-state index contributed by atoms with van der Waals surface area (Å²) >= 11 is 4.32.